The van der Waals surface area contributed by atoms with E-state index < -0.39 is 24.1 Å². The number of nitrogens with two attached hydrogens (primary N) is 1. The number of hydrogen-bond acceptors (Lipinski definition) is 4. The van der Waals surface area contributed by atoms with Gasteiger partial charge in [-0.3, -0.25) is 9.59 Å². The molecule has 0 aromatic heterocycles. The van der Waals surface area contributed by atoms with Crippen molar-refractivity contribution < 1.29 is 19.4 Å². The molecule has 0 aromatic carbocycles. The fourth-order valence-electron chi connectivity index (χ4n) is 0.565. The van der Waals surface area contributed by atoms with Crippen LogP contribution in [0.5, 0.6) is 0 Å². The van der Waals surface area contributed by atoms with Crippen molar-refractivity contribution in [3.8, 4) is 0 Å². The maximum atomic E-state index is 10.7. The minimum atomic E-state index is -1.17. The maximum absolute atomic E-state index is 10.7. The van der Waals surface area contributed by atoms with E-state index in [1.54, 1.807) is 6.92 Å². The highest BCUT2D eigenvalue weighted by atomic mass is 16.5. The van der Waals surface area contributed by atoms with Gasteiger partial charge in [-0.15, -0.1) is 0 Å². The summed E-state index contributed by atoms with van der Waals surface area (Å²) in [6, 6.07) is -1.15. The predicted octanol–water partition coefficient (Wildman–Crippen LogP) is -0.260. The summed E-state index contributed by atoms with van der Waals surface area (Å²) in [6.45, 7) is 3.08. The Morgan fingerprint density at radius 1 is 1.58 bits per heavy atom. The molecule has 0 amide bonds. The van der Waals surface area contributed by atoms with E-state index in [9.17, 15) is 9.59 Å². The van der Waals surface area contributed by atoms with E-state index in [-0.39, 0.29) is 6.42 Å². The van der Waals surface area contributed by atoms with Crippen LogP contribution in [0.15, 0.2) is 0 Å². The van der Waals surface area contributed by atoms with Gasteiger partial charge in [-0.25, -0.2) is 0 Å². The molecule has 0 fully saturated rings. The Morgan fingerprint density at radius 2 is 2.08 bits per heavy atom. The molecule has 0 rings (SSSR count). The lowest BCUT2D eigenvalue weighted by Crippen LogP contribution is -2.42. The molecule has 0 saturated carbocycles. The highest BCUT2D eigenvalue weighted by Gasteiger charge is 2.22. The number of ether oxygens (including phenoxy) is 1. The first-order valence-corrected chi connectivity index (χ1v) is 3.67. The number of carboxylic acids is 1. The number of aliphatic carboxylic acids is 1. The largest absolute Gasteiger partial charge is 0.480 e. The SMILES string of the molecule is CCC(=O)O[C@H](C)[C@H](N)C(=O)O. The van der Waals surface area contributed by atoms with E-state index >= 15 is 0 Å². The molecule has 0 heterocycles. The van der Waals surface area contributed by atoms with Gasteiger partial charge in [0.1, 0.15) is 12.1 Å². The summed E-state index contributed by atoms with van der Waals surface area (Å²) < 4.78 is 4.68. The average Bonchev–Trinajstić information content (AvgIpc) is 2.02. The van der Waals surface area contributed by atoms with Crippen molar-refractivity contribution in [1.29, 1.82) is 0 Å². The molecule has 0 saturated heterocycles. The first-order valence-electron chi connectivity index (χ1n) is 3.67. The standard InChI is InChI=1S/C7H13NO4/c1-3-5(9)12-4(2)6(8)7(10)11/h4,6H,3,8H2,1-2H3,(H,10,11)/t4-,6+/m1/s1. The lowest BCUT2D eigenvalue weighted by molar-refractivity contribution is -0.153. The Bertz CT molecular complexity index is 180. The molecule has 2 atom stereocenters. The highest BCUT2D eigenvalue weighted by Crippen LogP contribution is 1.98. The summed E-state index contributed by atoms with van der Waals surface area (Å²) in [7, 11) is 0. The Balaban J connectivity index is 3.94. The van der Waals surface area contributed by atoms with Crippen molar-refractivity contribution in [3.05, 3.63) is 0 Å². The zero-order valence-corrected chi connectivity index (χ0v) is 7.11. The van der Waals surface area contributed by atoms with E-state index in [1.165, 1.54) is 6.92 Å². The van der Waals surface area contributed by atoms with Crippen molar-refractivity contribution in [2.75, 3.05) is 0 Å². The lowest BCUT2D eigenvalue weighted by Gasteiger charge is -2.15. The van der Waals surface area contributed by atoms with Gasteiger partial charge in [0.05, 0.1) is 0 Å². The average molecular weight is 175 g/mol. The molecule has 0 unspecified atom stereocenters. The molecular weight excluding hydrogens is 162 g/mol. The van der Waals surface area contributed by atoms with Gasteiger partial charge in [-0.2, -0.15) is 0 Å². The van der Waals surface area contributed by atoms with E-state index in [2.05, 4.69) is 4.74 Å². The molecule has 0 spiro atoms. The van der Waals surface area contributed by atoms with Gasteiger partial charge >= 0.3 is 11.9 Å². The first kappa shape index (κ1) is 10.9. The second-order valence-electron chi connectivity index (χ2n) is 2.41. The van der Waals surface area contributed by atoms with Crippen LogP contribution in [0.3, 0.4) is 0 Å². The van der Waals surface area contributed by atoms with Crippen LogP contribution < -0.4 is 5.73 Å². The monoisotopic (exact) mass is 175 g/mol. The fourth-order valence-corrected chi connectivity index (χ4v) is 0.565. The predicted molar refractivity (Wildman–Crippen MR) is 41.5 cm³/mol. The number of rotatable bonds is 4. The molecule has 0 bridgehead atoms. The van der Waals surface area contributed by atoms with Crippen molar-refractivity contribution in [1.82, 2.24) is 0 Å². The molecule has 12 heavy (non-hydrogen) atoms. The summed E-state index contributed by atoms with van der Waals surface area (Å²) in [5.41, 5.74) is 5.19. The minimum Gasteiger partial charge on any atom is -0.480 e. The van der Waals surface area contributed by atoms with Crippen molar-refractivity contribution in [2.24, 2.45) is 5.73 Å². The van der Waals surface area contributed by atoms with Crippen molar-refractivity contribution in [2.45, 2.75) is 32.4 Å². The van der Waals surface area contributed by atoms with E-state index in [1.807, 2.05) is 0 Å². The fraction of sp³-hybridized carbons (Fsp3) is 0.714. The summed E-state index contributed by atoms with van der Waals surface area (Å²) in [4.78, 5) is 21.0. The van der Waals surface area contributed by atoms with Crippen molar-refractivity contribution in [3.63, 3.8) is 0 Å². The van der Waals surface area contributed by atoms with E-state index in [4.69, 9.17) is 10.8 Å². The summed E-state index contributed by atoms with van der Waals surface area (Å²) in [6.07, 6.45) is -0.564. The van der Waals surface area contributed by atoms with Gasteiger partial charge in [-0.05, 0) is 6.92 Å². The smallest absolute Gasteiger partial charge is 0.324 e. The van der Waals surface area contributed by atoms with Crippen LogP contribution >= 0.6 is 0 Å². The van der Waals surface area contributed by atoms with Crippen LogP contribution in [0.4, 0.5) is 0 Å². The Labute approximate surface area is 70.5 Å². The molecule has 0 radical (unpaired) electrons. The van der Waals surface area contributed by atoms with Gasteiger partial charge in [0, 0.05) is 6.42 Å². The van der Waals surface area contributed by atoms with Gasteiger partial charge in [0.15, 0.2) is 0 Å². The molecule has 0 aromatic rings. The second kappa shape index (κ2) is 4.71. The molecule has 5 nitrogen and oxygen atoms in total. The third kappa shape index (κ3) is 3.34. The Morgan fingerprint density at radius 3 is 2.42 bits per heavy atom. The highest BCUT2D eigenvalue weighted by molar-refractivity contribution is 5.75. The van der Waals surface area contributed by atoms with Crippen LogP contribution in [-0.4, -0.2) is 29.2 Å². The van der Waals surface area contributed by atoms with Crippen LogP contribution in [-0.2, 0) is 14.3 Å². The Kier molecular flexibility index (Phi) is 4.28. The molecule has 70 valence electrons. The second-order valence-corrected chi connectivity index (χ2v) is 2.41. The number of hydrogen-bond donors (Lipinski definition) is 2. The molecule has 3 N–H and O–H groups in total. The number of carbonyl (C=O) groups excluding carboxylic acids is 1. The van der Waals surface area contributed by atoms with Crippen LogP contribution in [0.25, 0.3) is 0 Å². The van der Waals surface area contributed by atoms with Crippen LogP contribution in [0, 0.1) is 0 Å². The van der Waals surface area contributed by atoms with Crippen LogP contribution in [0.1, 0.15) is 20.3 Å². The maximum Gasteiger partial charge on any atom is 0.324 e. The third-order valence-electron chi connectivity index (χ3n) is 1.40. The van der Waals surface area contributed by atoms with Gasteiger partial charge in [-0.1, -0.05) is 6.92 Å². The van der Waals surface area contributed by atoms with Gasteiger partial charge in [0.25, 0.3) is 0 Å². The summed E-state index contributed by atoms with van der Waals surface area (Å²) in [5, 5.41) is 8.42. The summed E-state index contributed by atoms with van der Waals surface area (Å²) >= 11 is 0. The molecule has 0 aliphatic heterocycles. The Hall–Kier alpha value is -1.10. The van der Waals surface area contributed by atoms with E-state index in [0.717, 1.165) is 0 Å². The zero-order valence-electron chi connectivity index (χ0n) is 7.11. The van der Waals surface area contributed by atoms with Gasteiger partial charge in [0.2, 0.25) is 0 Å². The molecular formula is C7H13NO4. The zero-order chi connectivity index (χ0) is 9.72. The summed E-state index contributed by atoms with van der Waals surface area (Å²) in [5.74, 6) is -1.62. The third-order valence-corrected chi connectivity index (χ3v) is 1.40. The number of esters is 1. The number of carboxylic acid groups (broad SMARTS) is 1. The minimum absolute atomic E-state index is 0.219. The normalized spacial score (nSPS) is 14.9. The molecule has 5 heteroatoms. The number of carbonyl (C=O) groups is 2. The van der Waals surface area contributed by atoms with Crippen LogP contribution in [0.2, 0.25) is 0 Å². The first-order chi connectivity index (χ1) is 5.49. The molecule has 0 aliphatic carbocycles. The van der Waals surface area contributed by atoms with Gasteiger partial charge < -0.3 is 15.6 Å². The van der Waals surface area contributed by atoms with E-state index in [0.29, 0.717) is 0 Å². The lowest BCUT2D eigenvalue weighted by atomic mass is 10.2. The quantitative estimate of drug-likeness (QED) is 0.574. The topological polar surface area (TPSA) is 89.6 Å². The van der Waals surface area contributed by atoms with Crippen molar-refractivity contribution >= 4 is 11.9 Å². The molecule has 0 aliphatic rings.